The third-order valence-corrected chi connectivity index (χ3v) is 2.45. The van der Waals surface area contributed by atoms with E-state index in [4.69, 9.17) is 4.74 Å². The average molecular weight is 193 g/mol. The highest BCUT2D eigenvalue weighted by Crippen LogP contribution is 2.20. The summed E-state index contributed by atoms with van der Waals surface area (Å²) >= 11 is 0. The Morgan fingerprint density at radius 3 is 2.79 bits per heavy atom. The Labute approximate surface area is 83.7 Å². The summed E-state index contributed by atoms with van der Waals surface area (Å²) in [5, 5.41) is 3.34. The van der Waals surface area contributed by atoms with E-state index in [0.29, 0.717) is 0 Å². The van der Waals surface area contributed by atoms with Crippen LogP contribution in [-0.2, 0) is 12.8 Å². The molecule has 1 aromatic rings. The first-order chi connectivity index (χ1) is 6.81. The summed E-state index contributed by atoms with van der Waals surface area (Å²) in [6.45, 7) is 3.88. The van der Waals surface area contributed by atoms with E-state index in [1.54, 1.807) is 7.11 Å². The van der Waals surface area contributed by atoms with Gasteiger partial charge in [-0.15, -0.1) is 0 Å². The van der Waals surface area contributed by atoms with Crippen molar-refractivity contribution in [2.45, 2.75) is 19.8 Å². The van der Waals surface area contributed by atoms with Crippen molar-refractivity contribution in [2.75, 3.05) is 20.2 Å². The number of ether oxygens (including phenoxy) is 1. The van der Waals surface area contributed by atoms with Crippen LogP contribution in [0.4, 0.5) is 0 Å². The average Bonchev–Trinajstić information content (AvgIpc) is 2.41. The highest BCUT2D eigenvalue weighted by molar-refractivity contribution is 5.32. The predicted octanol–water partition coefficient (Wildman–Crippen LogP) is 0.482. The number of aryl methyl sites for hydroxylation is 1. The minimum atomic E-state index is 0.746. The second-order valence-corrected chi connectivity index (χ2v) is 3.46. The first kappa shape index (κ1) is 9.40. The van der Waals surface area contributed by atoms with Crippen molar-refractivity contribution in [2.24, 2.45) is 0 Å². The molecular weight excluding hydrogens is 178 g/mol. The Kier molecular flexibility index (Phi) is 2.63. The van der Waals surface area contributed by atoms with Gasteiger partial charge in [-0.05, 0) is 19.9 Å². The van der Waals surface area contributed by atoms with Crippen molar-refractivity contribution in [3.8, 4) is 5.88 Å². The van der Waals surface area contributed by atoms with Gasteiger partial charge in [-0.25, -0.2) is 4.98 Å². The molecule has 0 fully saturated rings. The second-order valence-electron chi connectivity index (χ2n) is 3.46. The van der Waals surface area contributed by atoms with Crippen LogP contribution in [0.2, 0.25) is 0 Å². The van der Waals surface area contributed by atoms with Gasteiger partial charge in [0.2, 0.25) is 5.88 Å². The van der Waals surface area contributed by atoms with E-state index >= 15 is 0 Å². The number of hydrogen-bond acceptors (Lipinski definition) is 4. The standard InChI is InChI=1S/C10H15N3O/c1-7-12-9-4-6-11-5-3-8(9)10(13-7)14-2/h11H,3-6H2,1-2H3. The maximum atomic E-state index is 5.27. The van der Waals surface area contributed by atoms with Gasteiger partial charge in [-0.2, -0.15) is 4.98 Å². The van der Waals surface area contributed by atoms with Crippen molar-refractivity contribution < 1.29 is 4.74 Å². The van der Waals surface area contributed by atoms with Crippen molar-refractivity contribution in [1.82, 2.24) is 15.3 Å². The van der Waals surface area contributed by atoms with E-state index in [1.165, 1.54) is 5.56 Å². The number of aromatic nitrogens is 2. The molecule has 4 nitrogen and oxygen atoms in total. The maximum Gasteiger partial charge on any atom is 0.219 e. The SMILES string of the molecule is COc1nc(C)nc2c1CCNCC2. The van der Waals surface area contributed by atoms with Crippen LogP contribution in [0.3, 0.4) is 0 Å². The van der Waals surface area contributed by atoms with E-state index in [1.807, 2.05) is 6.92 Å². The van der Waals surface area contributed by atoms with Gasteiger partial charge in [0.1, 0.15) is 5.82 Å². The van der Waals surface area contributed by atoms with Crippen molar-refractivity contribution >= 4 is 0 Å². The molecule has 1 aromatic heterocycles. The molecule has 14 heavy (non-hydrogen) atoms. The van der Waals surface area contributed by atoms with Gasteiger partial charge in [0.05, 0.1) is 12.8 Å². The van der Waals surface area contributed by atoms with Gasteiger partial charge in [0.15, 0.2) is 0 Å². The van der Waals surface area contributed by atoms with Crippen LogP contribution in [-0.4, -0.2) is 30.2 Å². The van der Waals surface area contributed by atoms with Crippen LogP contribution >= 0.6 is 0 Å². The summed E-state index contributed by atoms with van der Waals surface area (Å²) in [6, 6.07) is 0. The summed E-state index contributed by atoms with van der Waals surface area (Å²) in [5.74, 6) is 1.54. The Morgan fingerprint density at radius 2 is 2.00 bits per heavy atom. The zero-order valence-electron chi connectivity index (χ0n) is 8.63. The lowest BCUT2D eigenvalue weighted by Gasteiger charge is -2.09. The molecule has 0 aliphatic carbocycles. The Morgan fingerprint density at radius 1 is 1.21 bits per heavy atom. The van der Waals surface area contributed by atoms with Crippen LogP contribution in [0.1, 0.15) is 17.1 Å². The third-order valence-electron chi connectivity index (χ3n) is 2.45. The summed E-state index contributed by atoms with van der Waals surface area (Å²) in [4.78, 5) is 8.74. The predicted molar refractivity (Wildman–Crippen MR) is 53.6 cm³/mol. The number of nitrogens with one attached hydrogen (secondary N) is 1. The molecule has 0 atom stereocenters. The van der Waals surface area contributed by atoms with Crippen LogP contribution < -0.4 is 10.1 Å². The minimum Gasteiger partial charge on any atom is -0.481 e. The van der Waals surface area contributed by atoms with E-state index < -0.39 is 0 Å². The molecule has 2 heterocycles. The molecule has 0 amide bonds. The minimum absolute atomic E-state index is 0.746. The molecule has 0 bridgehead atoms. The topological polar surface area (TPSA) is 47.0 Å². The fourth-order valence-electron chi connectivity index (χ4n) is 1.80. The summed E-state index contributed by atoms with van der Waals surface area (Å²) in [5.41, 5.74) is 2.31. The van der Waals surface area contributed by atoms with Gasteiger partial charge in [0, 0.05) is 18.5 Å². The molecule has 0 unspecified atom stereocenters. The molecule has 1 aliphatic heterocycles. The fourth-order valence-corrected chi connectivity index (χ4v) is 1.80. The van der Waals surface area contributed by atoms with Gasteiger partial charge in [-0.1, -0.05) is 0 Å². The Hall–Kier alpha value is -1.16. The van der Waals surface area contributed by atoms with Crippen LogP contribution in [0.15, 0.2) is 0 Å². The zero-order valence-corrected chi connectivity index (χ0v) is 8.63. The van der Waals surface area contributed by atoms with Gasteiger partial charge in [-0.3, -0.25) is 0 Å². The molecule has 2 rings (SSSR count). The van der Waals surface area contributed by atoms with Crippen LogP contribution in [0, 0.1) is 6.92 Å². The van der Waals surface area contributed by atoms with Gasteiger partial charge in [0.25, 0.3) is 0 Å². The molecular formula is C10H15N3O. The van der Waals surface area contributed by atoms with E-state index in [2.05, 4.69) is 15.3 Å². The largest absolute Gasteiger partial charge is 0.481 e. The highest BCUT2D eigenvalue weighted by atomic mass is 16.5. The van der Waals surface area contributed by atoms with Crippen LogP contribution in [0.5, 0.6) is 5.88 Å². The van der Waals surface area contributed by atoms with Crippen LogP contribution in [0.25, 0.3) is 0 Å². The first-order valence-corrected chi connectivity index (χ1v) is 4.92. The Bertz CT molecular complexity index is 338. The molecule has 1 N–H and O–H groups in total. The lowest BCUT2D eigenvalue weighted by atomic mass is 10.1. The Balaban J connectivity index is 2.46. The number of fused-ring (bicyclic) bond motifs is 1. The van der Waals surface area contributed by atoms with E-state index in [-0.39, 0.29) is 0 Å². The molecule has 0 spiro atoms. The normalized spacial score (nSPS) is 15.9. The van der Waals surface area contributed by atoms with Crippen molar-refractivity contribution in [3.05, 3.63) is 17.1 Å². The van der Waals surface area contributed by atoms with Gasteiger partial charge < -0.3 is 10.1 Å². The summed E-state index contributed by atoms with van der Waals surface area (Å²) < 4.78 is 5.27. The van der Waals surface area contributed by atoms with E-state index in [9.17, 15) is 0 Å². The lowest BCUT2D eigenvalue weighted by molar-refractivity contribution is 0.389. The second kappa shape index (κ2) is 3.92. The molecule has 0 radical (unpaired) electrons. The number of nitrogens with zero attached hydrogens (tertiary/aromatic N) is 2. The van der Waals surface area contributed by atoms with E-state index in [0.717, 1.165) is 43.3 Å². The molecule has 0 saturated carbocycles. The summed E-state index contributed by atoms with van der Waals surface area (Å²) in [6.07, 6.45) is 1.92. The quantitative estimate of drug-likeness (QED) is 0.704. The molecule has 0 saturated heterocycles. The first-order valence-electron chi connectivity index (χ1n) is 4.92. The smallest absolute Gasteiger partial charge is 0.219 e. The zero-order chi connectivity index (χ0) is 9.97. The number of rotatable bonds is 1. The monoisotopic (exact) mass is 193 g/mol. The van der Waals surface area contributed by atoms with Crippen molar-refractivity contribution in [1.29, 1.82) is 0 Å². The highest BCUT2D eigenvalue weighted by Gasteiger charge is 2.15. The third kappa shape index (κ3) is 1.70. The lowest BCUT2D eigenvalue weighted by Crippen LogP contribution is -2.16. The summed E-state index contributed by atoms with van der Waals surface area (Å²) in [7, 11) is 1.67. The maximum absolute atomic E-state index is 5.27. The fraction of sp³-hybridized carbons (Fsp3) is 0.600. The van der Waals surface area contributed by atoms with Gasteiger partial charge >= 0.3 is 0 Å². The molecule has 1 aliphatic rings. The number of hydrogen-bond donors (Lipinski definition) is 1. The van der Waals surface area contributed by atoms with Crippen molar-refractivity contribution in [3.63, 3.8) is 0 Å². The molecule has 0 aromatic carbocycles. The molecule has 76 valence electrons. The number of methoxy groups -OCH3 is 1. The molecule has 4 heteroatoms.